The number of anilines is 1. The maximum Gasteiger partial charge on any atom is 0.261 e. The van der Waals surface area contributed by atoms with Crippen molar-refractivity contribution in [1.82, 2.24) is 4.90 Å². The fraction of sp³-hybridized carbons (Fsp3) is 0.167. The van der Waals surface area contributed by atoms with Crippen LogP contribution in [0.4, 0.5) is 5.69 Å². The average Bonchev–Trinajstić information content (AvgIpc) is 2.80. The highest BCUT2D eigenvalue weighted by atomic mass is 16.3. The number of aromatic hydroxyl groups is 1. The number of carbonyl (C=O) groups is 3. The number of amides is 3. The molecule has 6 heteroatoms. The maximum atomic E-state index is 12.2. The smallest absolute Gasteiger partial charge is 0.261 e. The number of benzene rings is 2. The number of nitrogens with one attached hydrogen (secondary N) is 1. The summed E-state index contributed by atoms with van der Waals surface area (Å²) in [5, 5.41) is 12.4. The summed E-state index contributed by atoms with van der Waals surface area (Å²) in [5.41, 5.74) is 1.89. The summed E-state index contributed by atoms with van der Waals surface area (Å²) in [4.78, 5) is 37.5. The molecule has 0 saturated carbocycles. The van der Waals surface area contributed by atoms with Crippen LogP contribution in [0.25, 0.3) is 0 Å². The Kier molecular flexibility index (Phi) is 4.04. The quantitative estimate of drug-likeness (QED) is 0.667. The number of aryl methyl sites for hydroxylation is 1. The number of fused-ring (bicyclic) bond motifs is 1. The highest BCUT2D eigenvalue weighted by Crippen LogP contribution is 2.25. The van der Waals surface area contributed by atoms with Gasteiger partial charge in [-0.1, -0.05) is 18.2 Å². The van der Waals surface area contributed by atoms with Crippen molar-refractivity contribution in [2.45, 2.75) is 13.3 Å². The third-order valence-electron chi connectivity index (χ3n) is 3.87. The molecule has 2 N–H and O–H groups in total. The topological polar surface area (TPSA) is 86.7 Å². The van der Waals surface area contributed by atoms with E-state index < -0.39 is 0 Å². The molecular formula is C18H16N2O4. The van der Waals surface area contributed by atoms with Crippen LogP contribution < -0.4 is 5.32 Å². The Hall–Kier alpha value is -3.15. The van der Waals surface area contributed by atoms with E-state index >= 15 is 0 Å². The van der Waals surface area contributed by atoms with E-state index in [1.54, 1.807) is 42.5 Å². The summed E-state index contributed by atoms with van der Waals surface area (Å²) >= 11 is 0. The predicted octanol–water partition coefficient (Wildman–Crippen LogP) is 2.33. The molecule has 1 aliphatic rings. The van der Waals surface area contributed by atoms with Crippen molar-refractivity contribution < 1.29 is 19.5 Å². The lowest BCUT2D eigenvalue weighted by molar-refractivity contribution is -0.116. The van der Waals surface area contributed by atoms with Gasteiger partial charge in [0.25, 0.3) is 11.8 Å². The van der Waals surface area contributed by atoms with Gasteiger partial charge in [0, 0.05) is 13.0 Å². The van der Waals surface area contributed by atoms with Crippen LogP contribution in [-0.2, 0) is 4.79 Å². The van der Waals surface area contributed by atoms with Crippen LogP contribution in [0.15, 0.2) is 42.5 Å². The lowest BCUT2D eigenvalue weighted by Crippen LogP contribution is -2.32. The highest BCUT2D eigenvalue weighted by Gasteiger charge is 2.34. The molecule has 0 saturated heterocycles. The van der Waals surface area contributed by atoms with E-state index in [1.165, 1.54) is 0 Å². The van der Waals surface area contributed by atoms with Gasteiger partial charge in [0.15, 0.2) is 0 Å². The van der Waals surface area contributed by atoms with E-state index in [-0.39, 0.29) is 36.4 Å². The molecule has 0 aromatic heterocycles. The zero-order chi connectivity index (χ0) is 17.3. The molecule has 0 radical (unpaired) electrons. The first kappa shape index (κ1) is 15.7. The van der Waals surface area contributed by atoms with Crippen molar-refractivity contribution in [3.63, 3.8) is 0 Å². The number of carbonyl (C=O) groups excluding carboxylic acids is 3. The Morgan fingerprint density at radius 1 is 1.08 bits per heavy atom. The van der Waals surface area contributed by atoms with Gasteiger partial charge >= 0.3 is 0 Å². The summed E-state index contributed by atoms with van der Waals surface area (Å²) in [6.07, 6.45) is -0.0429. The summed E-state index contributed by atoms with van der Waals surface area (Å²) in [6, 6.07) is 11.5. The normalized spacial score (nSPS) is 13.1. The number of nitrogens with zero attached hydrogens (tertiary/aromatic N) is 1. The minimum absolute atomic E-state index is 0.00912. The first-order valence-electron chi connectivity index (χ1n) is 7.52. The molecule has 3 amide bonds. The van der Waals surface area contributed by atoms with Crippen molar-refractivity contribution in [2.24, 2.45) is 0 Å². The molecule has 0 unspecified atom stereocenters. The molecule has 122 valence electrons. The molecule has 0 spiro atoms. The molecule has 1 heterocycles. The van der Waals surface area contributed by atoms with Crippen LogP contribution in [0, 0.1) is 6.92 Å². The fourth-order valence-electron chi connectivity index (χ4n) is 2.62. The van der Waals surface area contributed by atoms with Gasteiger partial charge in [-0.15, -0.1) is 0 Å². The van der Waals surface area contributed by atoms with Crippen LogP contribution >= 0.6 is 0 Å². The molecule has 6 nitrogen and oxygen atoms in total. The highest BCUT2D eigenvalue weighted by molar-refractivity contribution is 6.21. The van der Waals surface area contributed by atoms with Gasteiger partial charge in [-0.05, 0) is 36.8 Å². The van der Waals surface area contributed by atoms with Crippen molar-refractivity contribution in [3.8, 4) is 5.75 Å². The average molecular weight is 324 g/mol. The maximum absolute atomic E-state index is 12.2. The lowest BCUT2D eigenvalue weighted by Gasteiger charge is -2.14. The summed E-state index contributed by atoms with van der Waals surface area (Å²) in [5.74, 6) is -1.18. The Balaban J connectivity index is 1.63. The zero-order valence-electron chi connectivity index (χ0n) is 13.1. The van der Waals surface area contributed by atoms with Crippen LogP contribution in [-0.4, -0.2) is 34.3 Å². The van der Waals surface area contributed by atoms with Gasteiger partial charge < -0.3 is 10.4 Å². The van der Waals surface area contributed by atoms with E-state index in [0.717, 1.165) is 10.5 Å². The van der Waals surface area contributed by atoms with Crippen molar-refractivity contribution in [3.05, 3.63) is 59.2 Å². The zero-order valence-corrected chi connectivity index (χ0v) is 13.1. The second-order valence-corrected chi connectivity index (χ2v) is 5.63. The van der Waals surface area contributed by atoms with Crippen molar-refractivity contribution in [2.75, 3.05) is 11.9 Å². The molecular weight excluding hydrogens is 308 g/mol. The molecule has 2 aromatic carbocycles. The first-order chi connectivity index (χ1) is 11.5. The van der Waals surface area contributed by atoms with Gasteiger partial charge in [-0.25, -0.2) is 0 Å². The van der Waals surface area contributed by atoms with E-state index in [1.807, 2.05) is 6.92 Å². The number of phenolic OH excluding ortho intramolecular Hbond substituents is 1. The second kappa shape index (κ2) is 6.16. The van der Waals surface area contributed by atoms with Gasteiger partial charge in [0.05, 0.1) is 16.8 Å². The van der Waals surface area contributed by atoms with Crippen LogP contribution in [0.2, 0.25) is 0 Å². The summed E-state index contributed by atoms with van der Waals surface area (Å²) in [7, 11) is 0. The Morgan fingerprint density at radius 2 is 1.71 bits per heavy atom. The standard InChI is InChI=1S/C18H16N2O4/c1-11-6-7-14(15(21)10-11)19-16(22)8-9-20-17(23)12-4-2-3-5-13(12)18(20)24/h2-7,10,21H,8-9H2,1H3,(H,19,22). The number of hydrogen-bond donors (Lipinski definition) is 2. The van der Waals surface area contributed by atoms with E-state index in [4.69, 9.17) is 0 Å². The van der Waals surface area contributed by atoms with Crippen LogP contribution in [0.5, 0.6) is 5.75 Å². The SMILES string of the molecule is Cc1ccc(NC(=O)CCN2C(=O)c3ccccc3C2=O)c(O)c1. The molecule has 0 fully saturated rings. The molecule has 3 rings (SSSR count). The third-order valence-corrected chi connectivity index (χ3v) is 3.87. The van der Waals surface area contributed by atoms with Crippen LogP contribution in [0.3, 0.4) is 0 Å². The minimum atomic E-state index is -0.387. The van der Waals surface area contributed by atoms with E-state index in [9.17, 15) is 19.5 Å². The van der Waals surface area contributed by atoms with Crippen molar-refractivity contribution >= 4 is 23.4 Å². The Morgan fingerprint density at radius 3 is 2.29 bits per heavy atom. The molecule has 2 aromatic rings. The number of imide groups is 1. The molecule has 24 heavy (non-hydrogen) atoms. The molecule has 0 bridgehead atoms. The minimum Gasteiger partial charge on any atom is -0.506 e. The molecule has 0 aliphatic carbocycles. The lowest BCUT2D eigenvalue weighted by atomic mass is 10.1. The van der Waals surface area contributed by atoms with E-state index in [2.05, 4.69) is 5.32 Å². The van der Waals surface area contributed by atoms with Gasteiger partial charge in [0.2, 0.25) is 5.91 Å². The summed E-state index contributed by atoms with van der Waals surface area (Å²) in [6.45, 7) is 1.82. The second-order valence-electron chi connectivity index (χ2n) is 5.63. The number of phenols is 1. The summed E-state index contributed by atoms with van der Waals surface area (Å²) < 4.78 is 0. The Bertz CT molecular complexity index is 810. The largest absolute Gasteiger partial charge is 0.506 e. The van der Waals surface area contributed by atoms with Crippen LogP contribution in [0.1, 0.15) is 32.7 Å². The third kappa shape index (κ3) is 2.86. The van der Waals surface area contributed by atoms with Gasteiger partial charge in [-0.2, -0.15) is 0 Å². The predicted molar refractivity (Wildman–Crippen MR) is 87.9 cm³/mol. The monoisotopic (exact) mass is 324 g/mol. The number of hydrogen-bond acceptors (Lipinski definition) is 4. The fourth-order valence-corrected chi connectivity index (χ4v) is 2.62. The van der Waals surface area contributed by atoms with Crippen molar-refractivity contribution in [1.29, 1.82) is 0 Å². The molecule has 1 aliphatic heterocycles. The van der Waals surface area contributed by atoms with Gasteiger partial charge in [0.1, 0.15) is 5.75 Å². The van der Waals surface area contributed by atoms with Gasteiger partial charge in [-0.3, -0.25) is 19.3 Å². The van der Waals surface area contributed by atoms with E-state index in [0.29, 0.717) is 16.8 Å². The number of rotatable bonds is 4. The Labute approximate surface area is 138 Å². The molecule has 0 atom stereocenters. The first-order valence-corrected chi connectivity index (χ1v) is 7.52.